The zero-order valence-electron chi connectivity index (χ0n) is 39.0. The quantitative estimate of drug-likeness (QED) is 0.150. The molecule has 12 aromatic rings. The van der Waals surface area contributed by atoms with Crippen LogP contribution >= 0.6 is 0 Å². The number of benzene rings is 12. The lowest BCUT2D eigenvalue weighted by atomic mass is 9.69. The van der Waals surface area contributed by atoms with Crippen LogP contribution in [0.25, 0.3) is 66.1 Å². The van der Waals surface area contributed by atoms with E-state index in [1.165, 1.54) is 88.3 Å². The fourth-order valence-electron chi connectivity index (χ4n) is 12.2. The van der Waals surface area contributed by atoms with Crippen molar-refractivity contribution in [1.82, 2.24) is 0 Å². The molecule has 332 valence electrons. The molecule has 14 rings (SSSR count). The van der Waals surface area contributed by atoms with Gasteiger partial charge in [0, 0.05) is 33.6 Å². The number of nitrogens with zero attached hydrogens (tertiary/aromatic N) is 2. The van der Waals surface area contributed by atoms with Gasteiger partial charge in [0.25, 0.3) is 0 Å². The highest BCUT2D eigenvalue weighted by Gasteiger charge is 2.53. The minimum atomic E-state index is -0.627. The summed E-state index contributed by atoms with van der Waals surface area (Å²) in [5.74, 6) is 0. The van der Waals surface area contributed by atoms with E-state index in [2.05, 4.69) is 289 Å². The zero-order chi connectivity index (χ0) is 46.9. The van der Waals surface area contributed by atoms with Crippen molar-refractivity contribution in [2.75, 3.05) is 9.80 Å². The van der Waals surface area contributed by atoms with Crippen LogP contribution < -0.4 is 9.80 Å². The van der Waals surface area contributed by atoms with Gasteiger partial charge < -0.3 is 9.80 Å². The largest absolute Gasteiger partial charge is 0.310 e. The van der Waals surface area contributed by atoms with Gasteiger partial charge in [0.2, 0.25) is 0 Å². The van der Waals surface area contributed by atoms with E-state index < -0.39 is 5.41 Å². The molecule has 0 aromatic heterocycles. The number of rotatable bonds is 8. The lowest BCUT2D eigenvalue weighted by Gasteiger charge is -2.34. The fraction of sp³-hybridized carbons (Fsp3) is 0.0145. The summed E-state index contributed by atoms with van der Waals surface area (Å²) < 4.78 is 0. The van der Waals surface area contributed by atoms with Gasteiger partial charge in [-0.2, -0.15) is 0 Å². The van der Waals surface area contributed by atoms with Gasteiger partial charge >= 0.3 is 0 Å². The SMILES string of the molecule is c1ccc(-c2ccccc2N(c2ccccc2)c2ccc3c4c(ccc3c2)-c2c(cc(N(c3ccccc3)c3ccccc3-c3ccccc3)c3ccccc23)C42c3ccccc3-c3ccccc32)cc1. The molecular formula is C69H46N2. The molecule has 12 aromatic carbocycles. The normalized spacial score (nSPS) is 12.6. The van der Waals surface area contributed by atoms with E-state index in [4.69, 9.17) is 0 Å². The van der Waals surface area contributed by atoms with Gasteiger partial charge in [0.15, 0.2) is 0 Å². The van der Waals surface area contributed by atoms with Gasteiger partial charge in [-0.05, 0) is 126 Å². The molecule has 0 N–H and O–H groups in total. The Hall–Kier alpha value is -9.24. The Morgan fingerprint density at radius 1 is 0.254 bits per heavy atom. The number of hydrogen-bond acceptors (Lipinski definition) is 2. The van der Waals surface area contributed by atoms with Crippen LogP contribution in [-0.4, -0.2) is 0 Å². The Balaban J connectivity index is 1.06. The molecule has 0 heterocycles. The Morgan fingerprint density at radius 2 is 0.718 bits per heavy atom. The number of fused-ring (bicyclic) bond motifs is 14. The Labute approximate surface area is 414 Å². The van der Waals surface area contributed by atoms with Crippen molar-refractivity contribution < 1.29 is 0 Å². The summed E-state index contributed by atoms with van der Waals surface area (Å²) in [4.78, 5) is 4.93. The summed E-state index contributed by atoms with van der Waals surface area (Å²) in [6, 6.07) is 103. The summed E-state index contributed by atoms with van der Waals surface area (Å²) in [7, 11) is 0. The summed E-state index contributed by atoms with van der Waals surface area (Å²) in [6.07, 6.45) is 0. The second-order valence-corrected chi connectivity index (χ2v) is 18.7. The fourth-order valence-corrected chi connectivity index (χ4v) is 12.2. The van der Waals surface area contributed by atoms with E-state index in [1.54, 1.807) is 0 Å². The molecule has 0 unspecified atom stereocenters. The standard InChI is InChI=1S/C69H46N2/c1-5-23-47(24-6-1)53-31-17-21-39-64(53)70(50-27-9-3-10-28-50)52-42-44-55-49(45-52)41-43-60-67-59-36-14-13-35-58(59)66(46-63(67)69(68(55)60)61-37-19-15-33-56(61)57-34-16-20-38-62(57)69)71(51-29-11-4-12-30-51)65-40-22-18-32-54(65)48-25-7-2-8-26-48/h1-46H. The lowest BCUT2D eigenvalue weighted by molar-refractivity contribution is 0.802. The summed E-state index contributed by atoms with van der Waals surface area (Å²) in [5, 5.41) is 4.88. The second-order valence-electron chi connectivity index (χ2n) is 18.7. The van der Waals surface area contributed by atoms with Crippen molar-refractivity contribution in [3.05, 3.63) is 301 Å². The van der Waals surface area contributed by atoms with Crippen molar-refractivity contribution in [3.8, 4) is 44.5 Å². The van der Waals surface area contributed by atoms with Gasteiger partial charge in [0.1, 0.15) is 0 Å². The smallest absolute Gasteiger partial charge is 0.0732 e. The Bertz CT molecular complexity index is 3950. The summed E-state index contributed by atoms with van der Waals surface area (Å²) in [6.45, 7) is 0. The molecule has 0 aliphatic heterocycles. The minimum Gasteiger partial charge on any atom is -0.310 e. The molecule has 0 saturated heterocycles. The third kappa shape index (κ3) is 6.21. The molecular weight excluding hydrogens is 857 g/mol. The maximum Gasteiger partial charge on any atom is 0.0732 e. The van der Waals surface area contributed by atoms with Crippen molar-refractivity contribution in [2.45, 2.75) is 5.41 Å². The molecule has 0 saturated carbocycles. The van der Waals surface area contributed by atoms with Crippen molar-refractivity contribution in [1.29, 1.82) is 0 Å². The van der Waals surface area contributed by atoms with Gasteiger partial charge in [0.05, 0.1) is 22.5 Å². The summed E-state index contributed by atoms with van der Waals surface area (Å²) in [5.41, 5.74) is 21.2. The van der Waals surface area contributed by atoms with E-state index in [-0.39, 0.29) is 0 Å². The lowest BCUT2D eigenvalue weighted by Crippen LogP contribution is -2.26. The Kier molecular flexibility index (Phi) is 9.47. The molecule has 2 nitrogen and oxygen atoms in total. The number of para-hydroxylation sites is 4. The average Bonchev–Trinajstić information content (AvgIpc) is 3.93. The van der Waals surface area contributed by atoms with Crippen molar-refractivity contribution >= 4 is 55.7 Å². The molecule has 0 bridgehead atoms. The van der Waals surface area contributed by atoms with E-state index in [0.29, 0.717) is 0 Å². The van der Waals surface area contributed by atoms with Crippen LogP contribution in [-0.2, 0) is 5.41 Å². The first kappa shape index (κ1) is 40.8. The maximum absolute atomic E-state index is 2.56. The van der Waals surface area contributed by atoms with Crippen LogP contribution in [0.2, 0.25) is 0 Å². The van der Waals surface area contributed by atoms with E-state index in [9.17, 15) is 0 Å². The van der Waals surface area contributed by atoms with Crippen LogP contribution in [0.4, 0.5) is 34.1 Å². The molecule has 0 fully saturated rings. The highest BCUT2D eigenvalue weighted by Crippen LogP contribution is 2.66. The summed E-state index contributed by atoms with van der Waals surface area (Å²) >= 11 is 0. The van der Waals surface area contributed by atoms with Gasteiger partial charge in [-0.15, -0.1) is 0 Å². The number of anilines is 6. The average molecular weight is 903 g/mol. The van der Waals surface area contributed by atoms with Crippen molar-refractivity contribution in [2.24, 2.45) is 0 Å². The third-order valence-corrected chi connectivity index (χ3v) is 15.0. The van der Waals surface area contributed by atoms with Crippen LogP contribution in [0.15, 0.2) is 279 Å². The maximum atomic E-state index is 2.56. The molecule has 0 atom stereocenters. The van der Waals surface area contributed by atoms with Crippen LogP contribution in [0.1, 0.15) is 22.3 Å². The topological polar surface area (TPSA) is 6.48 Å². The highest BCUT2D eigenvalue weighted by molar-refractivity contribution is 6.15. The van der Waals surface area contributed by atoms with Crippen LogP contribution in [0.3, 0.4) is 0 Å². The van der Waals surface area contributed by atoms with Gasteiger partial charge in [-0.3, -0.25) is 0 Å². The van der Waals surface area contributed by atoms with Crippen molar-refractivity contribution in [3.63, 3.8) is 0 Å². The predicted octanol–water partition coefficient (Wildman–Crippen LogP) is 18.6. The van der Waals surface area contributed by atoms with E-state index in [0.717, 1.165) is 34.1 Å². The highest BCUT2D eigenvalue weighted by atomic mass is 15.2. The molecule has 2 heteroatoms. The van der Waals surface area contributed by atoms with E-state index in [1.807, 2.05) is 0 Å². The minimum absolute atomic E-state index is 0.627. The van der Waals surface area contributed by atoms with E-state index >= 15 is 0 Å². The van der Waals surface area contributed by atoms with Gasteiger partial charge in [-0.1, -0.05) is 224 Å². The van der Waals surface area contributed by atoms with Gasteiger partial charge in [-0.25, -0.2) is 0 Å². The van der Waals surface area contributed by atoms with Crippen LogP contribution in [0.5, 0.6) is 0 Å². The zero-order valence-corrected chi connectivity index (χ0v) is 39.0. The first-order valence-corrected chi connectivity index (χ1v) is 24.6. The van der Waals surface area contributed by atoms with Crippen LogP contribution in [0, 0.1) is 0 Å². The monoisotopic (exact) mass is 902 g/mol. The molecule has 2 aliphatic rings. The molecule has 0 amide bonds. The molecule has 1 spiro atoms. The molecule has 2 aliphatic carbocycles. The first-order chi connectivity index (χ1) is 35.3. The second kappa shape index (κ2) is 16.5. The molecule has 0 radical (unpaired) electrons. The first-order valence-electron chi connectivity index (χ1n) is 24.6. The number of hydrogen-bond donors (Lipinski definition) is 0. The molecule has 71 heavy (non-hydrogen) atoms. The Morgan fingerprint density at radius 3 is 1.31 bits per heavy atom. The predicted molar refractivity (Wildman–Crippen MR) is 298 cm³/mol. The third-order valence-electron chi connectivity index (χ3n) is 15.0.